The van der Waals surface area contributed by atoms with Gasteiger partial charge in [-0.15, -0.1) is 0 Å². The van der Waals surface area contributed by atoms with Crippen molar-refractivity contribution in [3.8, 4) is 0 Å². The minimum absolute atomic E-state index is 0.0820. The van der Waals surface area contributed by atoms with Crippen LogP contribution in [0.5, 0.6) is 0 Å². The van der Waals surface area contributed by atoms with Crippen molar-refractivity contribution >= 4 is 0 Å². The highest BCUT2D eigenvalue weighted by atomic mass is 19.1. The largest absolute Gasteiger partial charge is 0.374 e. The van der Waals surface area contributed by atoms with Gasteiger partial charge in [0, 0.05) is 31.7 Å². The summed E-state index contributed by atoms with van der Waals surface area (Å²) in [6.07, 6.45) is 0.0820. The number of nitrogens with zero attached hydrogens (tertiary/aromatic N) is 1. The summed E-state index contributed by atoms with van der Waals surface area (Å²) in [5.74, 6) is -0.960. The average Bonchev–Trinajstić information content (AvgIpc) is 2.35. The zero-order valence-corrected chi connectivity index (χ0v) is 10.5. The van der Waals surface area contributed by atoms with E-state index in [-0.39, 0.29) is 11.7 Å². The molecule has 1 N–H and O–H groups in total. The van der Waals surface area contributed by atoms with E-state index >= 15 is 0 Å². The molecule has 1 atom stereocenters. The summed E-state index contributed by atoms with van der Waals surface area (Å²) in [5.41, 5.74) is 0.141. The van der Waals surface area contributed by atoms with Crippen LogP contribution in [0.25, 0.3) is 0 Å². The van der Waals surface area contributed by atoms with Crippen LogP contribution in [0, 0.1) is 11.6 Å². The highest BCUT2D eigenvalue weighted by molar-refractivity contribution is 5.19. The molecule has 18 heavy (non-hydrogen) atoms. The summed E-state index contributed by atoms with van der Waals surface area (Å²) in [6.45, 7) is 3.03. The van der Waals surface area contributed by atoms with Crippen molar-refractivity contribution in [1.82, 2.24) is 10.2 Å². The van der Waals surface area contributed by atoms with Gasteiger partial charge in [0.25, 0.3) is 0 Å². The summed E-state index contributed by atoms with van der Waals surface area (Å²) in [7, 11) is 1.86. The number of hydrogen-bond donors (Lipinski definition) is 1. The van der Waals surface area contributed by atoms with E-state index < -0.39 is 11.6 Å². The van der Waals surface area contributed by atoms with Crippen LogP contribution in [0.3, 0.4) is 0 Å². The lowest BCUT2D eigenvalue weighted by molar-refractivity contribution is -0.0297. The normalized spacial score (nSPS) is 21.2. The van der Waals surface area contributed by atoms with E-state index in [0.29, 0.717) is 26.2 Å². The summed E-state index contributed by atoms with van der Waals surface area (Å²) in [4.78, 5) is 2.02. The Bertz CT molecular complexity index is 378. The standard InChI is InChI=1S/C13H18F2N2O/c1-16-7-10-8-17(5-6-18-10)9-11-12(14)3-2-4-13(11)15/h2-4,10,16H,5-9H2,1H3. The molecule has 0 bridgehead atoms. The van der Waals surface area contributed by atoms with Crippen molar-refractivity contribution in [2.75, 3.05) is 33.3 Å². The smallest absolute Gasteiger partial charge is 0.130 e. The number of rotatable bonds is 4. The van der Waals surface area contributed by atoms with Gasteiger partial charge in [0.2, 0.25) is 0 Å². The lowest BCUT2D eigenvalue weighted by Crippen LogP contribution is -2.45. The van der Waals surface area contributed by atoms with Crippen LogP contribution < -0.4 is 5.32 Å². The Morgan fingerprint density at radius 1 is 1.39 bits per heavy atom. The fraction of sp³-hybridized carbons (Fsp3) is 0.538. The van der Waals surface area contributed by atoms with Crippen molar-refractivity contribution in [2.24, 2.45) is 0 Å². The summed E-state index contributed by atoms with van der Waals surface area (Å²) in [6, 6.07) is 3.98. The van der Waals surface area contributed by atoms with E-state index in [9.17, 15) is 8.78 Å². The highest BCUT2D eigenvalue weighted by Crippen LogP contribution is 2.16. The van der Waals surface area contributed by atoms with E-state index in [1.807, 2.05) is 11.9 Å². The molecular weight excluding hydrogens is 238 g/mol. The van der Waals surface area contributed by atoms with Gasteiger partial charge in [-0.3, -0.25) is 4.90 Å². The maximum atomic E-state index is 13.5. The summed E-state index contributed by atoms with van der Waals surface area (Å²) >= 11 is 0. The second-order valence-electron chi connectivity index (χ2n) is 4.49. The van der Waals surface area contributed by atoms with Crippen LogP contribution in [-0.2, 0) is 11.3 Å². The summed E-state index contributed by atoms with van der Waals surface area (Å²) < 4.78 is 32.6. The van der Waals surface area contributed by atoms with Crippen molar-refractivity contribution in [3.05, 3.63) is 35.4 Å². The van der Waals surface area contributed by atoms with E-state index in [2.05, 4.69) is 5.32 Å². The molecule has 1 aromatic rings. The quantitative estimate of drug-likeness (QED) is 0.881. The van der Waals surface area contributed by atoms with Gasteiger partial charge in [0.15, 0.2) is 0 Å². The van der Waals surface area contributed by atoms with Crippen LogP contribution in [0.15, 0.2) is 18.2 Å². The molecule has 1 aliphatic heterocycles. The second kappa shape index (κ2) is 6.22. The lowest BCUT2D eigenvalue weighted by Gasteiger charge is -2.33. The Labute approximate surface area is 106 Å². The molecule has 0 radical (unpaired) electrons. The van der Waals surface area contributed by atoms with Crippen molar-refractivity contribution in [3.63, 3.8) is 0 Å². The number of hydrogen-bond acceptors (Lipinski definition) is 3. The predicted octanol–water partition coefficient (Wildman–Crippen LogP) is 1.38. The Kier molecular flexibility index (Phi) is 4.63. The van der Waals surface area contributed by atoms with Crippen LogP contribution in [0.2, 0.25) is 0 Å². The molecule has 0 amide bonds. The van der Waals surface area contributed by atoms with Crippen molar-refractivity contribution < 1.29 is 13.5 Å². The first-order chi connectivity index (χ1) is 8.70. The molecule has 3 nitrogen and oxygen atoms in total. The molecule has 0 aliphatic carbocycles. The number of halogens is 2. The van der Waals surface area contributed by atoms with E-state index in [4.69, 9.17) is 4.74 Å². The van der Waals surface area contributed by atoms with Gasteiger partial charge in [-0.05, 0) is 19.2 Å². The van der Waals surface area contributed by atoms with Crippen molar-refractivity contribution in [1.29, 1.82) is 0 Å². The van der Waals surface area contributed by atoms with E-state index in [1.165, 1.54) is 18.2 Å². The van der Waals surface area contributed by atoms with Crippen LogP contribution in [-0.4, -0.2) is 44.3 Å². The molecule has 1 unspecified atom stereocenters. The van der Waals surface area contributed by atoms with Gasteiger partial charge in [-0.25, -0.2) is 8.78 Å². The predicted molar refractivity (Wildman–Crippen MR) is 65.3 cm³/mol. The van der Waals surface area contributed by atoms with Gasteiger partial charge in [-0.1, -0.05) is 6.07 Å². The molecule has 0 aromatic heterocycles. The molecule has 0 saturated carbocycles. The number of morpholine rings is 1. The molecule has 1 fully saturated rings. The van der Waals surface area contributed by atoms with Gasteiger partial charge >= 0.3 is 0 Å². The molecule has 1 heterocycles. The average molecular weight is 256 g/mol. The van der Waals surface area contributed by atoms with E-state index in [1.54, 1.807) is 0 Å². The Hall–Kier alpha value is -1.04. The Morgan fingerprint density at radius 3 is 2.78 bits per heavy atom. The van der Waals surface area contributed by atoms with Gasteiger partial charge in [0.1, 0.15) is 11.6 Å². The third kappa shape index (κ3) is 3.25. The van der Waals surface area contributed by atoms with Gasteiger partial charge in [-0.2, -0.15) is 0 Å². The van der Waals surface area contributed by atoms with Gasteiger partial charge < -0.3 is 10.1 Å². The first-order valence-electron chi connectivity index (χ1n) is 6.12. The van der Waals surface area contributed by atoms with Crippen LogP contribution in [0.4, 0.5) is 8.78 Å². The minimum atomic E-state index is -0.480. The molecule has 1 saturated heterocycles. The fourth-order valence-corrected chi connectivity index (χ4v) is 2.18. The fourth-order valence-electron chi connectivity index (χ4n) is 2.18. The number of nitrogens with one attached hydrogen (secondary N) is 1. The SMILES string of the molecule is CNCC1CN(Cc2c(F)cccc2F)CCO1. The first-order valence-corrected chi connectivity index (χ1v) is 6.12. The molecule has 1 aliphatic rings. The Morgan fingerprint density at radius 2 is 2.11 bits per heavy atom. The molecule has 1 aromatic carbocycles. The maximum Gasteiger partial charge on any atom is 0.130 e. The third-order valence-corrected chi connectivity index (χ3v) is 3.10. The highest BCUT2D eigenvalue weighted by Gasteiger charge is 2.21. The first kappa shape index (κ1) is 13.4. The third-order valence-electron chi connectivity index (χ3n) is 3.10. The maximum absolute atomic E-state index is 13.5. The molecule has 2 rings (SSSR count). The van der Waals surface area contributed by atoms with Crippen LogP contribution >= 0.6 is 0 Å². The molecule has 5 heteroatoms. The number of benzene rings is 1. The lowest BCUT2D eigenvalue weighted by atomic mass is 10.1. The molecular formula is C13H18F2N2O. The van der Waals surface area contributed by atoms with Gasteiger partial charge in [0.05, 0.1) is 12.7 Å². The zero-order chi connectivity index (χ0) is 13.0. The monoisotopic (exact) mass is 256 g/mol. The van der Waals surface area contributed by atoms with E-state index in [0.717, 1.165) is 6.54 Å². The second-order valence-corrected chi connectivity index (χ2v) is 4.49. The Balaban J connectivity index is 2.00. The molecule has 100 valence electrons. The number of likely N-dealkylation sites (N-methyl/N-ethyl adjacent to an activating group) is 1. The number of ether oxygens (including phenoxy) is 1. The van der Waals surface area contributed by atoms with Crippen molar-refractivity contribution in [2.45, 2.75) is 12.6 Å². The minimum Gasteiger partial charge on any atom is -0.374 e. The zero-order valence-electron chi connectivity index (χ0n) is 10.5. The topological polar surface area (TPSA) is 24.5 Å². The summed E-state index contributed by atoms with van der Waals surface area (Å²) in [5, 5.41) is 3.04. The van der Waals surface area contributed by atoms with Crippen LogP contribution in [0.1, 0.15) is 5.56 Å². The molecule has 0 spiro atoms.